The van der Waals surface area contributed by atoms with Gasteiger partial charge < -0.3 is 9.47 Å². The highest BCUT2D eigenvalue weighted by Gasteiger charge is 2.41. The van der Waals surface area contributed by atoms with E-state index in [2.05, 4.69) is 0 Å². The Morgan fingerprint density at radius 2 is 1.62 bits per heavy atom. The van der Waals surface area contributed by atoms with Gasteiger partial charge in [0.2, 0.25) is 0 Å². The zero-order valence-electron chi connectivity index (χ0n) is 13.0. The van der Waals surface area contributed by atoms with Crippen LogP contribution in [0.25, 0.3) is 11.1 Å². The van der Waals surface area contributed by atoms with E-state index >= 15 is 0 Å². The van der Waals surface area contributed by atoms with Gasteiger partial charge in [0.15, 0.2) is 5.78 Å². The Kier molecular flexibility index (Phi) is 4.03. The average molecular weight is 363 g/mol. The monoisotopic (exact) mass is 362 g/mol. The minimum absolute atomic E-state index is 0.138. The van der Waals surface area contributed by atoms with E-state index in [1.165, 1.54) is 0 Å². The molecule has 1 saturated heterocycles. The number of hydrogen-bond donors (Lipinski definition) is 0. The predicted molar refractivity (Wildman–Crippen MR) is 94.3 cm³/mol. The smallest absolute Gasteiger partial charge is 0.170 e. The standard InChI is InChI=1S/C19H16Cl2O3/c20-15-4-2-12(9-16(15)21)13-1-3-14-17(22)11-19(24-18(14)10-13)5-7-23-8-6-19/h1-4,9-10H,5-8,11H2. The van der Waals surface area contributed by atoms with E-state index in [4.69, 9.17) is 32.7 Å². The molecule has 2 heterocycles. The van der Waals surface area contributed by atoms with Crippen molar-refractivity contribution in [3.8, 4) is 16.9 Å². The molecular weight excluding hydrogens is 347 g/mol. The second kappa shape index (κ2) is 6.07. The second-order valence-corrected chi connectivity index (χ2v) is 7.15. The molecule has 5 heteroatoms. The Labute approximate surface area is 150 Å². The fourth-order valence-electron chi connectivity index (χ4n) is 3.37. The van der Waals surface area contributed by atoms with Gasteiger partial charge in [0.05, 0.1) is 35.2 Å². The minimum Gasteiger partial charge on any atom is -0.486 e. The van der Waals surface area contributed by atoms with Crippen molar-refractivity contribution < 1.29 is 14.3 Å². The average Bonchev–Trinajstić information content (AvgIpc) is 2.57. The third kappa shape index (κ3) is 2.81. The van der Waals surface area contributed by atoms with Crippen molar-refractivity contribution in [3.63, 3.8) is 0 Å². The molecule has 0 atom stereocenters. The van der Waals surface area contributed by atoms with Crippen LogP contribution in [0.1, 0.15) is 29.6 Å². The number of carbonyl (C=O) groups excluding carboxylic acids is 1. The Bertz CT molecular complexity index is 810. The number of benzene rings is 2. The summed E-state index contributed by atoms with van der Waals surface area (Å²) in [5.41, 5.74) is 2.12. The lowest BCUT2D eigenvalue weighted by atomic mass is 9.83. The molecule has 4 rings (SSSR count). The van der Waals surface area contributed by atoms with Crippen molar-refractivity contribution in [3.05, 3.63) is 52.0 Å². The lowest BCUT2D eigenvalue weighted by molar-refractivity contribution is -0.0504. The van der Waals surface area contributed by atoms with Crippen LogP contribution in [0.3, 0.4) is 0 Å². The summed E-state index contributed by atoms with van der Waals surface area (Å²) < 4.78 is 11.7. The fourth-order valence-corrected chi connectivity index (χ4v) is 3.67. The van der Waals surface area contributed by atoms with Gasteiger partial charge in [-0.3, -0.25) is 4.79 Å². The molecular formula is C19H16Cl2O3. The molecule has 2 aromatic rings. The number of carbonyl (C=O) groups is 1. The number of halogens is 2. The quantitative estimate of drug-likeness (QED) is 0.701. The summed E-state index contributed by atoms with van der Waals surface area (Å²) >= 11 is 12.1. The largest absolute Gasteiger partial charge is 0.486 e. The van der Waals surface area contributed by atoms with Gasteiger partial charge in [0, 0.05) is 12.8 Å². The first kappa shape index (κ1) is 15.9. The van der Waals surface area contributed by atoms with Crippen molar-refractivity contribution in [2.45, 2.75) is 24.9 Å². The van der Waals surface area contributed by atoms with Gasteiger partial charge in [-0.2, -0.15) is 0 Å². The van der Waals surface area contributed by atoms with E-state index in [-0.39, 0.29) is 5.78 Å². The van der Waals surface area contributed by atoms with Crippen LogP contribution in [-0.2, 0) is 4.74 Å². The van der Waals surface area contributed by atoms with E-state index in [1.54, 1.807) is 6.07 Å². The normalized spacial score (nSPS) is 19.0. The molecule has 0 saturated carbocycles. The maximum Gasteiger partial charge on any atom is 0.170 e. The first-order valence-electron chi connectivity index (χ1n) is 7.96. The number of fused-ring (bicyclic) bond motifs is 1. The van der Waals surface area contributed by atoms with Gasteiger partial charge in [0.1, 0.15) is 11.4 Å². The van der Waals surface area contributed by atoms with E-state index < -0.39 is 5.60 Å². The van der Waals surface area contributed by atoms with Crippen LogP contribution in [0.2, 0.25) is 10.0 Å². The first-order valence-corrected chi connectivity index (χ1v) is 8.71. The maximum atomic E-state index is 12.5. The zero-order chi connectivity index (χ0) is 16.7. The van der Waals surface area contributed by atoms with Crippen LogP contribution in [0.5, 0.6) is 5.75 Å². The molecule has 1 fully saturated rings. The molecule has 124 valence electrons. The van der Waals surface area contributed by atoms with Crippen LogP contribution in [0, 0.1) is 0 Å². The highest BCUT2D eigenvalue weighted by atomic mass is 35.5. The second-order valence-electron chi connectivity index (χ2n) is 6.34. The Balaban J connectivity index is 1.73. The molecule has 0 radical (unpaired) electrons. The van der Waals surface area contributed by atoms with Crippen LogP contribution in [0.4, 0.5) is 0 Å². The summed E-state index contributed by atoms with van der Waals surface area (Å²) in [6, 6.07) is 11.2. The number of hydrogen-bond acceptors (Lipinski definition) is 3. The van der Waals surface area contributed by atoms with E-state index in [0.717, 1.165) is 24.0 Å². The fraction of sp³-hybridized carbons (Fsp3) is 0.316. The van der Waals surface area contributed by atoms with Crippen LogP contribution in [0.15, 0.2) is 36.4 Å². The molecule has 0 unspecified atom stereocenters. The minimum atomic E-state index is -0.418. The van der Waals surface area contributed by atoms with Crippen molar-refractivity contribution in [1.29, 1.82) is 0 Å². The van der Waals surface area contributed by atoms with E-state index in [1.807, 2.05) is 30.3 Å². The molecule has 3 nitrogen and oxygen atoms in total. The molecule has 0 aliphatic carbocycles. The molecule has 0 N–H and O–H groups in total. The summed E-state index contributed by atoms with van der Waals surface area (Å²) in [5.74, 6) is 0.788. The van der Waals surface area contributed by atoms with E-state index in [9.17, 15) is 4.79 Å². The zero-order valence-corrected chi connectivity index (χ0v) is 14.5. The van der Waals surface area contributed by atoms with Crippen molar-refractivity contribution in [2.24, 2.45) is 0 Å². The summed E-state index contributed by atoms with van der Waals surface area (Å²) in [4.78, 5) is 12.5. The Morgan fingerprint density at radius 3 is 2.38 bits per heavy atom. The van der Waals surface area contributed by atoms with Crippen molar-refractivity contribution in [1.82, 2.24) is 0 Å². The maximum absolute atomic E-state index is 12.5. The van der Waals surface area contributed by atoms with Crippen LogP contribution >= 0.6 is 23.2 Å². The molecule has 2 aromatic carbocycles. The van der Waals surface area contributed by atoms with Gasteiger partial charge in [-0.15, -0.1) is 0 Å². The Morgan fingerprint density at radius 1 is 0.917 bits per heavy atom. The molecule has 0 bridgehead atoms. The molecule has 2 aliphatic rings. The topological polar surface area (TPSA) is 35.5 Å². The van der Waals surface area contributed by atoms with Gasteiger partial charge in [-0.1, -0.05) is 35.3 Å². The number of ether oxygens (including phenoxy) is 2. The molecule has 1 spiro atoms. The van der Waals surface area contributed by atoms with Crippen LogP contribution < -0.4 is 4.74 Å². The van der Waals surface area contributed by atoms with Gasteiger partial charge in [-0.25, -0.2) is 0 Å². The van der Waals surface area contributed by atoms with Gasteiger partial charge >= 0.3 is 0 Å². The number of ketones is 1. The van der Waals surface area contributed by atoms with Gasteiger partial charge in [0.25, 0.3) is 0 Å². The molecule has 0 amide bonds. The number of rotatable bonds is 1. The predicted octanol–water partition coefficient (Wildman–Crippen LogP) is 5.17. The third-order valence-corrected chi connectivity index (χ3v) is 5.49. The molecule has 24 heavy (non-hydrogen) atoms. The van der Waals surface area contributed by atoms with Crippen LogP contribution in [-0.4, -0.2) is 24.6 Å². The van der Waals surface area contributed by atoms with E-state index in [0.29, 0.717) is 41.0 Å². The highest BCUT2D eigenvalue weighted by molar-refractivity contribution is 6.42. The Hall–Kier alpha value is -1.55. The first-order chi connectivity index (χ1) is 11.6. The van der Waals surface area contributed by atoms with Crippen molar-refractivity contribution in [2.75, 3.05) is 13.2 Å². The third-order valence-electron chi connectivity index (χ3n) is 4.75. The summed E-state index contributed by atoms with van der Waals surface area (Å²) in [6.07, 6.45) is 1.92. The molecule has 0 aromatic heterocycles. The lowest BCUT2D eigenvalue weighted by Crippen LogP contribution is -2.46. The van der Waals surface area contributed by atoms with Gasteiger partial charge in [-0.05, 0) is 35.4 Å². The lowest BCUT2D eigenvalue weighted by Gasteiger charge is -2.40. The SMILES string of the molecule is O=C1CC2(CCOCC2)Oc2cc(-c3ccc(Cl)c(Cl)c3)ccc21. The summed E-state index contributed by atoms with van der Waals surface area (Å²) in [5, 5.41) is 1.02. The molecule has 2 aliphatic heterocycles. The summed E-state index contributed by atoms with van der Waals surface area (Å²) in [7, 11) is 0. The summed E-state index contributed by atoms with van der Waals surface area (Å²) in [6.45, 7) is 1.27. The van der Waals surface area contributed by atoms with Crippen molar-refractivity contribution >= 4 is 29.0 Å². The number of Topliss-reactive ketones (excluding diaryl/α,β-unsaturated/α-hetero) is 1. The highest BCUT2D eigenvalue weighted by Crippen LogP contribution is 2.41.